The fourth-order valence-electron chi connectivity index (χ4n) is 4.34. The van der Waals surface area contributed by atoms with Gasteiger partial charge in [0.1, 0.15) is 11.5 Å². The number of nitrogens with one attached hydrogen (secondary N) is 2. The zero-order valence-electron chi connectivity index (χ0n) is 22.8. The van der Waals surface area contributed by atoms with Crippen LogP contribution in [0, 0.1) is 0 Å². The molecule has 0 fully saturated rings. The summed E-state index contributed by atoms with van der Waals surface area (Å²) in [4.78, 5) is 2.15. The Morgan fingerprint density at radius 3 is 1.12 bits per heavy atom. The van der Waals surface area contributed by atoms with Crippen LogP contribution in [-0.2, 0) is 0 Å². The number of rotatable bonds is 10. The van der Waals surface area contributed by atoms with Crippen LogP contribution in [0.1, 0.15) is 0 Å². The van der Waals surface area contributed by atoms with Gasteiger partial charge >= 0.3 is 0 Å². The molecular formula is C36H26Br2N2O2S. The molecule has 4 nitrogen and oxygen atoms in total. The van der Waals surface area contributed by atoms with Crippen LogP contribution >= 0.6 is 43.6 Å². The van der Waals surface area contributed by atoms with Gasteiger partial charge in [0.05, 0.1) is 31.7 Å². The molecule has 6 rings (SSSR count). The zero-order chi connectivity index (χ0) is 29.4. The lowest BCUT2D eigenvalue weighted by molar-refractivity contribution is 0.481. The number of hydrogen-bond acceptors (Lipinski definition) is 5. The minimum atomic E-state index is 0.734. The molecule has 0 aliphatic rings. The van der Waals surface area contributed by atoms with Crippen molar-refractivity contribution in [2.75, 3.05) is 10.6 Å². The first-order valence-electron chi connectivity index (χ1n) is 13.6. The second-order valence-corrected chi connectivity index (χ2v) is 12.2. The summed E-state index contributed by atoms with van der Waals surface area (Å²) in [5.74, 6) is 2.97. The van der Waals surface area contributed by atoms with E-state index in [-0.39, 0.29) is 0 Å². The van der Waals surface area contributed by atoms with E-state index in [0.29, 0.717) is 0 Å². The molecule has 6 aromatic carbocycles. The molecule has 0 aliphatic carbocycles. The summed E-state index contributed by atoms with van der Waals surface area (Å²) in [6.07, 6.45) is 0. The predicted octanol–water partition coefficient (Wildman–Crippen LogP) is 12.4. The topological polar surface area (TPSA) is 42.5 Å². The minimum Gasteiger partial charge on any atom is -0.454 e. The van der Waals surface area contributed by atoms with E-state index < -0.39 is 0 Å². The van der Waals surface area contributed by atoms with Gasteiger partial charge in [0, 0.05) is 9.79 Å². The molecular weight excluding hydrogens is 684 g/mol. The van der Waals surface area contributed by atoms with Gasteiger partial charge in [-0.25, -0.2) is 0 Å². The Morgan fingerprint density at radius 1 is 0.372 bits per heavy atom. The smallest absolute Gasteiger partial charge is 0.150 e. The van der Waals surface area contributed by atoms with Gasteiger partial charge < -0.3 is 20.1 Å². The van der Waals surface area contributed by atoms with E-state index in [1.807, 2.05) is 121 Å². The highest BCUT2D eigenvalue weighted by molar-refractivity contribution is 9.10. The maximum atomic E-state index is 6.28. The summed E-state index contributed by atoms with van der Waals surface area (Å²) < 4.78 is 14.3. The van der Waals surface area contributed by atoms with Crippen LogP contribution in [0.15, 0.2) is 164 Å². The van der Waals surface area contributed by atoms with Crippen LogP contribution in [0.5, 0.6) is 23.0 Å². The fourth-order valence-corrected chi connectivity index (χ4v) is 6.06. The zero-order valence-corrected chi connectivity index (χ0v) is 26.8. The number of para-hydroxylation sites is 8. The number of benzene rings is 6. The average molecular weight is 710 g/mol. The summed E-state index contributed by atoms with van der Waals surface area (Å²) in [6.45, 7) is 0. The van der Waals surface area contributed by atoms with Crippen LogP contribution in [-0.4, -0.2) is 0 Å². The molecule has 0 radical (unpaired) electrons. The van der Waals surface area contributed by atoms with Crippen molar-refractivity contribution in [3.05, 3.63) is 155 Å². The number of hydrogen-bond donors (Lipinski definition) is 2. The highest BCUT2D eigenvalue weighted by Crippen LogP contribution is 2.42. The molecule has 0 bridgehead atoms. The lowest BCUT2D eigenvalue weighted by Crippen LogP contribution is -1.97. The highest BCUT2D eigenvalue weighted by Gasteiger charge is 2.13. The van der Waals surface area contributed by atoms with E-state index in [2.05, 4.69) is 66.8 Å². The first-order chi connectivity index (χ1) is 21.1. The molecule has 0 saturated carbocycles. The van der Waals surface area contributed by atoms with Crippen molar-refractivity contribution >= 4 is 66.4 Å². The molecule has 2 N–H and O–H groups in total. The lowest BCUT2D eigenvalue weighted by atomic mass is 10.2. The van der Waals surface area contributed by atoms with Crippen LogP contribution in [0.25, 0.3) is 0 Å². The molecule has 0 spiro atoms. The third kappa shape index (κ3) is 7.25. The van der Waals surface area contributed by atoms with Crippen LogP contribution < -0.4 is 20.1 Å². The molecule has 212 valence electrons. The van der Waals surface area contributed by atoms with Gasteiger partial charge in [-0.1, -0.05) is 84.6 Å². The number of halogens is 2. The van der Waals surface area contributed by atoms with Crippen molar-refractivity contribution in [3.8, 4) is 23.0 Å². The third-order valence-corrected chi connectivity index (χ3v) is 8.88. The van der Waals surface area contributed by atoms with E-state index in [1.54, 1.807) is 11.8 Å². The van der Waals surface area contributed by atoms with Crippen molar-refractivity contribution in [3.63, 3.8) is 0 Å². The molecule has 0 unspecified atom stereocenters. The highest BCUT2D eigenvalue weighted by atomic mass is 79.9. The van der Waals surface area contributed by atoms with Crippen molar-refractivity contribution in [1.29, 1.82) is 0 Å². The van der Waals surface area contributed by atoms with Gasteiger partial charge in [0.25, 0.3) is 0 Å². The van der Waals surface area contributed by atoms with Crippen LogP contribution in [0.2, 0.25) is 0 Å². The Balaban J connectivity index is 1.25. The molecule has 6 aromatic rings. The van der Waals surface area contributed by atoms with E-state index in [1.165, 1.54) is 0 Å². The predicted molar refractivity (Wildman–Crippen MR) is 185 cm³/mol. The third-order valence-electron chi connectivity index (χ3n) is 6.42. The molecule has 0 atom stereocenters. The standard InChI is InChI=1S/C36H26Br2N2O2S/c37-25-13-1-7-19-31(25)41-33-21-9-3-15-27(33)39-29-17-5-11-23-35(29)43-36-24-12-6-18-30(36)40-28-16-4-10-22-34(28)42-32-20-8-2-14-26(32)38/h1-24,39-40H. The van der Waals surface area contributed by atoms with E-state index in [4.69, 9.17) is 9.47 Å². The van der Waals surface area contributed by atoms with Gasteiger partial charge in [-0.05, 0) is 105 Å². The quantitative estimate of drug-likeness (QED) is 0.148. The van der Waals surface area contributed by atoms with Crippen molar-refractivity contribution in [1.82, 2.24) is 0 Å². The van der Waals surface area contributed by atoms with Crippen LogP contribution in [0.3, 0.4) is 0 Å². The number of ether oxygens (including phenoxy) is 2. The summed E-state index contributed by atoms with van der Waals surface area (Å²) in [7, 11) is 0. The molecule has 0 heterocycles. The van der Waals surface area contributed by atoms with Gasteiger partial charge in [0.15, 0.2) is 11.5 Å². The Morgan fingerprint density at radius 2 is 0.698 bits per heavy atom. The van der Waals surface area contributed by atoms with Crippen LogP contribution in [0.4, 0.5) is 22.7 Å². The molecule has 0 amide bonds. The normalized spacial score (nSPS) is 10.7. The monoisotopic (exact) mass is 708 g/mol. The Kier molecular flexibility index (Phi) is 9.33. The van der Waals surface area contributed by atoms with Gasteiger partial charge in [-0.15, -0.1) is 0 Å². The Labute approximate surface area is 272 Å². The summed E-state index contributed by atoms with van der Waals surface area (Å²) in [5, 5.41) is 7.21. The molecule has 43 heavy (non-hydrogen) atoms. The first kappa shape index (κ1) is 28.9. The molecule has 0 saturated heterocycles. The fraction of sp³-hybridized carbons (Fsp3) is 0. The summed E-state index contributed by atoms with van der Waals surface area (Å²) in [5.41, 5.74) is 3.69. The van der Waals surface area contributed by atoms with E-state index >= 15 is 0 Å². The molecule has 0 aromatic heterocycles. The summed E-state index contributed by atoms with van der Waals surface area (Å²) in [6, 6.07) is 48.1. The largest absolute Gasteiger partial charge is 0.454 e. The van der Waals surface area contributed by atoms with E-state index in [9.17, 15) is 0 Å². The van der Waals surface area contributed by atoms with Crippen molar-refractivity contribution in [2.24, 2.45) is 0 Å². The second-order valence-electron chi connectivity index (χ2n) is 9.40. The van der Waals surface area contributed by atoms with E-state index in [0.717, 1.165) is 64.5 Å². The SMILES string of the molecule is Brc1ccccc1Oc1ccccc1Nc1ccccc1Sc1ccccc1Nc1ccccc1Oc1ccccc1Br. The summed E-state index contributed by atoms with van der Waals surface area (Å²) >= 11 is 8.85. The first-order valence-corrected chi connectivity index (χ1v) is 16.0. The number of anilines is 4. The van der Waals surface area contributed by atoms with Gasteiger partial charge in [0.2, 0.25) is 0 Å². The molecule has 7 heteroatoms. The Hall–Kier alpha value is -4.17. The second kappa shape index (κ2) is 13.9. The lowest BCUT2D eigenvalue weighted by Gasteiger charge is -2.18. The van der Waals surface area contributed by atoms with Crippen molar-refractivity contribution < 1.29 is 9.47 Å². The minimum absolute atomic E-state index is 0.734. The van der Waals surface area contributed by atoms with Crippen molar-refractivity contribution in [2.45, 2.75) is 9.79 Å². The maximum Gasteiger partial charge on any atom is 0.150 e. The van der Waals surface area contributed by atoms with Gasteiger partial charge in [-0.3, -0.25) is 0 Å². The molecule has 0 aliphatic heterocycles. The van der Waals surface area contributed by atoms with Gasteiger partial charge in [-0.2, -0.15) is 0 Å². The Bertz CT molecular complexity index is 1730. The average Bonchev–Trinajstić information content (AvgIpc) is 3.03. The maximum absolute atomic E-state index is 6.28.